The van der Waals surface area contributed by atoms with Crippen molar-refractivity contribution in [1.82, 2.24) is 4.90 Å². The zero-order chi connectivity index (χ0) is 11.4. The van der Waals surface area contributed by atoms with Crippen LogP contribution in [0.5, 0.6) is 0 Å². The van der Waals surface area contributed by atoms with Gasteiger partial charge in [0.25, 0.3) is 0 Å². The fraction of sp³-hybridized carbons (Fsp3) is 0.917. The molecule has 16 heavy (non-hydrogen) atoms. The summed E-state index contributed by atoms with van der Waals surface area (Å²) in [7, 11) is 0. The topological polar surface area (TPSA) is 40.5 Å². The van der Waals surface area contributed by atoms with Gasteiger partial charge in [0.1, 0.15) is 0 Å². The van der Waals surface area contributed by atoms with Crippen LogP contribution < -0.4 is 0 Å². The Bertz CT molecular complexity index is 241. The van der Waals surface area contributed by atoms with Gasteiger partial charge in [0.2, 0.25) is 0 Å². The molecule has 4 heteroatoms. The van der Waals surface area contributed by atoms with Crippen molar-refractivity contribution in [2.45, 2.75) is 50.6 Å². The molecule has 2 aliphatic heterocycles. The third kappa shape index (κ3) is 3.14. The summed E-state index contributed by atoms with van der Waals surface area (Å²) in [6.07, 6.45) is 6.37. The Labute approximate surface area is 102 Å². The molecule has 2 heterocycles. The molecule has 2 rings (SSSR count). The number of carboxylic acid groups (broad SMARTS) is 1. The fourth-order valence-electron chi connectivity index (χ4n) is 2.94. The van der Waals surface area contributed by atoms with Crippen LogP contribution in [-0.4, -0.2) is 46.1 Å². The van der Waals surface area contributed by atoms with Gasteiger partial charge >= 0.3 is 5.97 Å². The van der Waals surface area contributed by atoms with E-state index in [0.717, 1.165) is 13.0 Å². The minimum atomic E-state index is -0.637. The number of carbonyl (C=O) groups is 1. The molecule has 2 saturated heterocycles. The third-order valence-electron chi connectivity index (χ3n) is 3.74. The van der Waals surface area contributed by atoms with E-state index in [1.54, 1.807) is 0 Å². The van der Waals surface area contributed by atoms with Gasteiger partial charge in [0, 0.05) is 12.1 Å². The van der Waals surface area contributed by atoms with Crippen LogP contribution in [0.3, 0.4) is 0 Å². The molecule has 2 aliphatic rings. The van der Waals surface area contributed by atoms with Gasteiger partial charge in [-0.3, -0.25) is 9.69 Å². The molecule has 0 spiro atoms. The molecule has 0 aromatic rings. The van der Waals surface area contributed by atoms with Gasteiger partial charge in [0.15, 0.2) is 0 Å². The summed E-state index contributed by atoms with van der Waals surface area (Å²) in [5.41, 5.74) is 0. The van der Waals surface area contributed by atoms with Crippen molar-refractivity contribution in [2.24, 2.45) is 0 Å². The lowest BCUT2D eigenvalue weighted by molar-refractivity contribution is -0.139. The summed E-state index contributed by atoms with van der Waals surface area (Å²) < 4.78 is 0. The zero-order valence-electron chi connectivity index (χ0n) is 9.73. The Hall–Kier alpha value is -0.220. The van der Waals surface area contributed by atoms with E-state index in [1.165, 1.54) is 37.2 Å². The highest BCUT2D eigenvalue weighted by Crippen LogP contribution is 2.28. The van der Waals surface area contributed by atoms with E-state index in [2.05, 4.69) is 4.90 Å². The first kappa shape index (κ1) is 12.2. The van der Waals surface area contributed by atoms with Crippen LogP contribution in [0.1, 0.15) is 38.5 Å². The molecule has 1 unspecified atom stereocenters. The Morgan fingerprint density at radius 2 is 2.00 bits per heavy atom. The molecule has 0 aliphatic carbocycles. The lowest BCUT2D eigenvalue weighted by Gasteiger charge is -2.42. The van der Waals surface area contributed by atoms with Gasteiger partial charge in [-0.15, -0.1) is 0 Å². The van der Waals surface area contributed by atoms with Crippen LogP contribution in [0.15, 0.2) is 0 Å². The molecular formula is C12H21NO2S. The molecule has 92 valence electrons. The molecule has 0 amide bonds. The Morgan fingerprint density at radius 1 is 1.25 bits per heavy atom. The maximum atomic E-state index is 10.9. The smallest absolute Gasteiger partial charge is 0.304 e. The van der Waals surface area contributed by atoms with Gasteiger partial charge in [-0.05, 0) is 43.7 Å². The second-order valence-electron chi connectivity index (χ2n) is 4.83. The van der Waals surface area contributed by atoms with Crippen molar-refractivity contribution in [3.63, 3.8) is 0 Å². The summed E-state index contributed by atoms with van der Waals surface area (Å²) in [6, 6.07) is 0.963. The van der Waals surface area contributed by atoms with Crippen molar-refractivity contribution in [3.8, 4) is 0 Å². The van der Waals surface area contributed by atoms with Crippen LogP contribution in [0.4, 0.5) is 0 Å². The lowest BCUT2D eigenvalue weighted by atomic mass is 9.95. The second-order valence-corrected chi connectivity index (χ2v) is 6.05. The average Bonchev–Trinajstić information content (AvgIpc) is 2.30. The first-order valence-corrected chi connectivity index (χ1v) is 7.48. The molecule has 1 N–H and O–H groups in total. The number of hydrogen-bond acceptors (Lipinski definition) is 3. The minimum absolute atomic E-state index is 0.305. The largest absolute Gasteiger partial charge is 0.481 e. The molecule has 1 atom stereocenters. The molecule has 2 fully saturated rings. The highest BCUT2D eigenvalue weighted by molar-refractivity contribution is 7.99. The summed E-state index contributed by atoms with van der Waals surface area (Å²) in [5.74, 6) is 1.86. The maximum Gasteiger partial charge on any atom is 0.304 e. The van der Waals surface area contributed by atoms with Gasteiger partial charge in [-0.2, -0.15) is 11.8 Å². The van der Waals surface area contributed by atoms with Crippen molar-refractivity contribution in [1.29, 1.82) is 0 Å². The van der Waals surface area contributed by atoms with Crippen LogP contribution in [0, 0.1) is 0 Å². The van der Waals surface area contributed by atoms with Gasteiger partial charge < -0.3 is 5.11 Å². The van der Waals surface area contributed by atoms with E-state index in [4.69, 9.17) is 5.11 Å². The standard InChI is InChI=1S/C12H21NO2S/c14-12(15)9-11-3-1-2-6-13(11)10-4-7-16-8-5-10/h10-11H,1-9H2,(H,14,15). The van der Waals surface area contributed by atoms with Crippen molar-refractivity contribution >= 4 is 17.7 Å². The van der Waals surface area contributed by atoms with E-state index < -0.39 is 5.97 Å². The number of piperidine rings is 1. The molecule has 0 aromatic heterocycles. The monoisotopic (exact) mass is 243 g/mol. The first-order chi connectivity index (χ1) is 7.77. The maximum absolute atomic E-state index is 10.9. The fourth-order valence-corrected chi connectivity index (χ4v) is 4.02. The van der Waals surface area contributed by atoms with Gasteiger partial charge in [0.05, 0.1) is 6.42 Å². The Morgan fingerprint density at radius 3 is 2.69 bits per heavy atom. The minimum Gasteiger partial charge on any atom is -0.481 e. The van der Waals surface area contributed by atoms with E-state index in [-0.39, 0.29) is 0 Å². The quantitative estimate of drug-likeness (QED) is 0.825. The number of likely N-dealkylation sites (tertiary alicyclic amines) is 1. The predicted molar refractivity (Wildman–Crippen MR) is 66.9 cm³/mol. The number of carboxylic acids is 1. The summed E-state index contributed by atoms with van der Waals surface area (Å²) >= 11 is 2.03. The van der Waals surface area contributed by atoms with Crippen LogP contribution in [-0.2, 0) is 4.79 Å². The van der Waals surface area contributed by atoms with Crippen LogP contribution in [0.2, 0.25) is 0 Å². The van der Waals surface area contributed by atoms with Crippen molar-refractivity contribution < 1.29 is 9.90 Å². The Kier molecular flexibility index (Phi) is 4.53. The van der Waals surface area contributed by atoms with Crippen LogP contribution >= 0.6 is 11.8 Å². The van der Waals surface area contributed by atoms with Crippen molar-refractivity contribution in [3.05, 3.63) is 0 Å². The summed E-state index contributed by atoms with van der Waals surface area (Å²) in [4.78, 5) is 13.4. The van der Waals surface area contributed by atoms with E-state index in [1.807, 2.05) is 11.8 Å². The van der Waals surface area contributed by atoms with E-state index in [9.17, 15) is 4.79 Å². The second kappa shape index (κ2) is 5.92. The summed E-state index contributed by atoms with van der Waals surface area (Å²) in [5, 5.41) is 8.95. The molecule has 0 bridgehead atoms. The SMILES string of the molecule is O=C(O)CC1CCCCN1C1CCSCC1. The summed E-state index contributed by atoms with van der Waals surface area (Å²) in [6.45, 7) is 1.12. The average molecular weight is 243 g/mol. The highest BCUT2D eigenvalue weighted by Gasteiger charge is 2.30. The molecular weight excluding hydrogens is 222 g/mol. The van der Waals surface area contributed by atoms with Crippen LogP contribution in [0.25, 0.3) is 0 Å². The number of hydrogen-bond donors (Lipinski definition) is 1. The van der Waals surface area contributed by atoms with Gasteiger partial charge in [-0.1, -0.05) is 6.42 Å². The zero-order valence-corrected chi connectivity index (χ0v) is 10.5. The lowest BCUT2D eigenvalue weighted by Crippen LogP contribution is -2.48. The third-order valence-corrected chi connectivity index (χ3v) is 4.79. The number of aliphatic carboxylic acids is 1. The van der Waals surface area contributed by atoms with E-state index in [0.29, 0.717) is 18.5 Å². The molecule has 3 nitrogen and oxygen atoms in total. The van der Waals surface area contributed by atoms with Crippen molar-refractivity contribution in [2.75, 3.05) is 18.1 Å². The highest BCUT2D eigenvalue weighted by atomic mass is 32.2. The predicted octanol–water partition coefficient (Wildman–Crippen LogP) is 2.21. The molecule has 0 saturated carbocycles. The normalized spacial score (nSPS) is 29.1. The Balaban J connectivity index is 1.94. The van der Waals surface area contributed by atoms with Gasteiger partial charge in [-0.25, -0.2) is 0 Å². The van der Waals surface area contributed by atoms with E-state index >= 15 is 0 Å². The molecule has 0 aromatic carbocycles. The number of thioether (sulfide) groups is 1. The number of rotatable bonds is 3. The molecule has 0 radical (unpaired) electrons. The first-order valence-electron chi connectivity index (χ1n) is 6.32. The number of nitrogens with zero attached hydrogens (tertiary/aromatic N) is 1.